The van der Waals surface area contributed by atoms with Crippen LogP contribution >= 0.6 is 0 Å². The van der Waals surface area contributed by atoms with Crippen LogP contribution in [0.1, 0.15) is 12.5 Å². The Hall–Kier alpha value is -1.38. The second-order valence-corrected chi connectivity index (χ2v) is 2.28. The monoisotopic (exact) mass is 167 g/mol. The first-order chi connectivity index (χ1) is 5.66. The van der Waals surface area contributed by atoms with Gasteiger partial charge in [-0.25, -0.2) is 0 Å². The maximum absolute atomic E-state index is 8.81. The van der Waals surface area contributed by atoms with Gasteiger partial charge in [-0.05, 0) is 12.0 Å². The molecule has 66 valence electrons. The topological polar surface area (TPSA) is 43.1 Å². The second-order valence-electron chi connectivity index (χ2n) is 2.28. The van der Waals surface area contributed by atoms with Gasteiger partial charge in [0.25, 0.3) is 0 Å². The van der Waals surface area contributed by atoms with Crippen molar-refractivity contribution in [1.29, 1.82) is 0 Å². The molecule has 0 saturated carbocycles. The molecule has 0 amide bonds. The molecule has 12 heavy (non-hydrogen) atoms. The predicted molar refractivity (Wildman–Crippen MR) is 48.7 cm³/mol. The Morgan fingerprint density at radius 1 is 1.33 bits per heavy atom. The fourth-order valence-electron chi connectivity index (χ4n) is 0.714. The lowest BCUT2D eigenvalue weighted by Gasteiger charge is -1.89. The predicted octanol–water partition coefficient (Wildman–Crippen LogP) is 2.14. The summed E-state index contributed by atoms with van der Waals surface area (Å²) >= 11 is 0. The van der Waals surface area contributed by atoms with E-state index in [1.54, 1.807) is 0 Å². The Bertz CT molecular complexity index is 217. The highest BCUT2D eigenvalue weighted by Gasteiger charge is 1.79. The molecular formula is C9H13NO2. The lowest BCUT2D eigenvalue weighted by Crippen LogP contribution is -1.79. The van der Waals surface area contributed by atoms with Gasteiger partial charge in [0.2, 0.25) is 0 Å². The second kappa shape index (κ2) is 6.34. The SMILES string of the molecule is CCc1ccccc1.C[N+](=O)[O-]. The Balaban J connectivity index is 0.000000261. The zero-order valence-corrected chi connectivity index (χ0v) is 7.36. The normalized spacial score (nSPS) is 8.17. The van der Waals surface area contributed by atoms with Crippen LogP contribution in [0.15, 0.2) is 30.3 Å². The molecular weight excluding hydrogens is 154 g/mol. The van der Waals surface area contributed by atoms with Gasteiger partial charge < -0.3 is 0 Å². The highest BCUT2D eigenvalue weighted by molar-refractivity contribution is 5.13. The van der Waals surface area contributed by atoms with Crippen LogP contribution in [0.25, 0.3) is 0 Å². The minimum atomic E-state index is -0.500. The minimum Gasteiger partial charge on any atom is -0.265 e. The smallest absolute Gasteiger partial charge is 0.194 e. The summed E-state index contributed by atoms with van der Waals surface area (Å²) in [5.41, 5.74) is 1.41. The fraction of sp³-hybridized carbons (Fsp3) is 0.333. The van der Waals surface area contributed by atoms with Crippen molar-refractivity contribution >= 4 is 0 Å². The summed E-state index contributed by atoms with van der Waals surface area (Å²) in [5.74, 6) is 0. The fourth-order valence-corrected chi connectivity index (χ4v) is 0.714. The molecule has 1 aromatic rings. The molecule has 1 rings (SSSR count). The molecule has 0 spiro atoms. The summed E-state index contributed by atoms with van der Waals surface area (Å²) in [4.78, 5) is 8.31. The first-order valence-corrected chi connectivity index (χ1v) is 3.78. The zero-order valence-electron chi connectivity index (χ0n) is 7.36. The molecule has 0 aliphatic carbocycles. The van der Waals surface area contributed by atoms with Gasteiger partial charge in [-0.15, -0.1) is 0 Å². The van der Waals surface area contributed by atoms with Gasteiger partial charge in [0, 0.05) is 4.92 Å². The van der Waals surface area contributed by atoms with E-state index in [0.29, 0.717) is 0 Å². The van der Waals surface area contributed by atoms with Crippen LogP contribution in [0, 0.1) is 10.1 Å². The Morgan fingerprint density at radius 2 is 1.75 bits per heavy atom. The van der Waals surface area contributed by atoms with Gasteiger partial charge in [0.15, 0.2) is 7.05 Å². The van der Waals surface area contributed by atoms with Crippen LogP contribution in [0.3, 0.4) is 0 Å². The maximum atomic E-state index is 8.81. The summed E-state index contributed by atoms with van der Waals surface area (Å²) < 4.78 is 0. The summed E-state index contributed by atoms with van der Waals surface area (Å²) in [6, 6.07) is 10.5. The number of benzene rings is 1. The molecule has 0 aliphatic heterocycles. The Morgan fingerprint density at radius 3 is 2.00 bits per heavy atom. The van der Waals surface area contributed by atoms with Crippen molar-refractivity contribution < 1.29 is 4.92 Å². The van der Waals surface area contributed by atoms with Crippen molar-refractivity contribution in [2.45, 2.75) is 13.3 Å². The van der Waals surface area contributed by atoms with Crippen molar-refractivity contribution in [2.24, 2.45) is 0 Å². The van der Waals surface area contributed by atoms with Gasteiger partial charge in [-0.1, -0.05) is 37.3 Å². The van der Waals surface area contributed by atoms with E-state index < -0.39 is 4.92 Å². The zero-order chi connectivity index (χ0) is 9.40. The van der Waals surface area contributed by atoms with Crippen LogP contribution in [0.5, 0.6) is 0 Å². The molecule has 3 heteroatoms. The van der Waals surface area contributed by atoms with Crippen LogP contribution in [0.2, 0.25) is 0 Å². The van der Waals surface area contributed by atoms with Crippen molar-refractivity contribution in [3.05, 3.63) is 46.0 Å². The standard InChI is InChI=1S/C8H10.CH3NO2/c1-2-8-6-4-3-5-7-8;1-2(3)4/h3-7H,2H2,1H3;1H3. The number of hydrogen-bond donors (Lipinski definition) is 0. The number of hydrogen-bond acceptors (Lipinski definition) is 2. The highest BCUT2D eigenvalue weighted by Crippen LogP contribution is 1.96. The maximum Gasteiger partial charge on any atom is 0.194 e. The molecule has 0 atom stereocenters. The van der Waals surface area contributed by atoms with Crippen LogP contribution < -0.4 is 0 Å². The van der Waals surface area contributed by atoms with E-state index in [1.165, 1.54) is 5.56 Å². The summed E-state index contributed by atoms with van der Waals surface area (Å²) in [6.07, 6.45) is 1.14. The van der Waals surface area contributed by atoms with E-state index in [9.17, 15) is 0 Å². The first kappa shape index (κ1) is 10.6. The Labute approximate surface area is 72.2 Å². The molecule has 0 aromatic heterocycles. The van der Waals surface area contributed by atoms with E-state index >= 15 is 0 Å². The average molecular weight is 167 g/mol. The molecule has 1 aromatic carbocycles. The van der Waals surface area contributed by atoms with E-state index in [0.717, 1.165) is 13.5 Å². The van der Waals surface area contributed by atoms with Crippen molar-refractivity contribution in [1.82, 2.24) is 0 Å². The molecule has 0 radical (unpaired) electrons. The number of nitro groups is 1. The summed E-state index contributed by atoms with van der Waals surface area (Å²) in [6.45, 7) is 2.16. The molecule has 0 N–H and O–H groups in total. The number of nitrogens with zero attached hydrogens (tertiary/aromatic N) is 1. The molecule has 0 unspecified atom stereocenters. The minimum absolute atomic E-state index is 0.500. The third-order valence-electron chi connectivity index (χ3n) is 1.25. The summed E-state index contributed by atoms with van der Waals surface area (Å²) in [7, 11) is 0.889. The van der Waals surface area contributed by atoms with Gasteiger partial charge in [0.1, 0.15) is 0 Å². The van der Waals surface area contributed by atoms with E-state index in [2.05, 4.69) is 31.2 Å². The van der Waals surface area contributed by atoms with Gasteiger partial charge in [0.05, 0.1) is 0 Å². The van der Waals surface area contributed by atoms with E-state index in [-0.39, 0.29) is 0 Å². The third kappa shape index (κ3) is 6.74. The molecule has 0 saturated heterocycles. The molecule has 0 aliphatic rings. The molecule has 0 heterocycles. The Kier molecular flexibility index (Phi) is 5.61. The van der Waals surface area contributed by atoms with Crippen LogP contribution in [-0.2, 0) is 6.42 Å². The van der Waals surface area contributed by atoms with Gasteiger partial charge in [-0.2, -0.15) is 0 Å². The van der Waals surface area contributed by atoms with Gasteiger partial charge >= 0.3 is 0 Å². The van der Waals surface area contributed by atoms with E-state index in [1.807, 2.05) is 6.07 Å². The first-order valence-electron chi connectivity index (χ1n) is 3.78. The third-order valence-corrected chi connectivity index (χ3v) is 1.25. The van der Waals surface area contributed by atoms with Crippen molar-refractivity contribution in [3.8, 4) is 0 Å². The van der Waals surface area contributed by atoms with E-state index in [4.69, 9.17) is 10.1 Å². The van der Waals surface area contributed by atoms with Crippen molar-refractivity contribution in [2.75, 3.05) is 7.05 Å². The largest absolute Gasteiger partial charge is 0.265 e. The number of rotatable bonds is 1. The quantitative estimate of drug-likeness (QED) is 0.475. The number of aryl methyl sites for hydroxylation is 1. The lowest BCUT2D eigenvalue weighted by molar-refractivity contribution is -0.445. The molecule has 0 fully saturated rings. The van der Waals surface area contributed by atoms with Gasteiger partial charge in [-0.3, -0.25) is 10.1 Å². The average Bonchev–Trinajstić information content (AvgIpc) is 2.05. The van der Waals surface area contributed by atoms with Crippen molar-refractivity contribution in [3.63, 3.8) is 0 Å². The highest BCUT2D eigenvalue weighted by atomic mass is 16.6. The molecule has 3 nitrogen and oxygen atoms in total. The molecule has 0 bridgehead atoms. The summed E-state index contributed by atoms with van der Waals surface area (Å²) in [5, 5.41) is 8.81. The lowest BCUT2D eigenvalue weighted by atomic mass is 10.2. The van der Waals surface area contributed by atoms with Crippen LogP contribution in [-0.4, -0.2) is 12.0 Å². The van der Waals surface area contributed by atoms with Crippen LogP contribution in [0.4, 0.5) is 0 Å².